The minimum absolute atomic E-state index is 0.239. The molecule has 1 amide bonds. The van der Waals surface area contributed by atoms with Crippen LogP contribution in [-0.4, -0.2) is 17.0 Å². The summed E-state index contributed by atoms with van der Waals surface area (Å²) in [6.45, 7) is 0. The SMILES string of the molecule is NC(=O)c1ccc2c(c1)C1(c3ccccc3-2)c2ccccc2-c2ccc(C(=O)O)cc21. The molecule has 1 spiro atoms. The van der Waals surface area contributed by atoms with Gasteiger partial charge in [-0.1, -0.05) is 60.7 Å². The van der Waals surface area contributed by atoms with E-state index in [2.05, 4.69) is 24.3 Å². The molecule has 1 unspecified atom stereocenters. The van der Waals surface area contributed by atoms with Crippen LogP contribution in [0.15, 0.2) is 84.9 Å². The third-order valence-corrected chi connectivity index (χ3v) is 6.62. The molecule has 0 aliphatic heterocycles. The Morgan fingerprint density at radius 3 is 1.58 bits per heavy atom. The maximum absolute atomic E-state index is 12.1. The van der Waals surface area contributed by atoms with Crippen molar-refractivity contribution in [3.05, 3.63) is 118 Å². The molecule has 31 heavy (non-hydrogen) atoms. The van der Waals surface area contributed by atoms with E-state index in [1.165, 1.54) is 0 Å². The zero-order valence-electron chi connectivity index (χ0n) is 16.4. The van der Waals surface area contributed by atoms with Gasteiger partial charge in [-0.05, 0) is 68.8 Å². The molecule has 0 fully saturated rings. The Morgan fingerprint density at radius 2 is 1.06 bits per heavy atom. The minimum atomic E-state index is -0.966. The highest BCUT2D eigenvalue weighted by Crippen LogP contribution is 2.62. The predicted molar refractivity (Wildman–Crippen MR) is 118 cm³/mol. The van der Waals surface area contributed by atoms with Gasteiger partial charge in [0, 0.05) is 5.56 Å². The fourth-order valence-electron chi connectivity index (χ4n) is 5.43. The highest BCUT2D eigenvalue weighted by atomic mass is 16.4. The highest BCUT2D eigenvalue weighted by Gasteiger charge is 2.51. The van der Waals surface area contributed by atoms with Crippen molar-refractivity contribution < 1.29 is 14.7 Å². The average Bonchev–Trinajstić information content (AvgIpc) is 3.25. The number of aromatic carboxylic acids is 1. The quantitative estimate of drug-likeness (QED) is 0.435. The van der Waals surface area contributed by atoms with Gasteiger partial charge in [0.2, 0.25) is 5.91 Å². The number of carbonyl (C=O) groups is 2. The van der Waals surface area contributed by atoms with E-state index in [4.69, 9.17) is 5.73 Å². The lowest BCUT2D eigenvalue weighted by Gasteiger charge is -2.30. The number of carboxylic acid groups (broad SMARTS) is 1. The molecule has 4 nitrogen and oxygen atoms in total. The van der Waals surface area contributed by atoms with Crippen LogP contribution in [0.5, 0.6) is 0 Å². The van der Waals surface area contributed by atoms with Crippen LogP contribution in [0.4, 0.5) is 0 Å². The van der Waals surface area contributed by atoms with Crippen molar-refractivity contribution in [2.24, 2.45) is 5.73 Å². The summed E-state index contributed by atoms with van der Waals surface area (Å²) in [6.07, 6.45) is 0. The van der Waals surface area contributed by atoms with Crippen LogP contribution in [0.25, 0.3) is 22.3 Å². The van der Waals surface area contributed by atoms with Gasteiger partial charge in [0.1, 0.15) is 0 Å². The molecule has 6 rings (SSSR count). The van der Waals surface area contributed by atoms with Gasteiger partial charge in [0.15, 0.2) is 0 Å². The van der Waals surface area contributed by atoms with E-state index in [0.29, 0.717) is 5.56 Å². The fourth-order valence-corrected chi connectivity index (χ4v) is 5.43. The van der Waals surface area contributed by atoms with Crippen LogP contribution in [0.3, 0.4) is 0 Å². The Labute approximate surface area is 178 Å². The number of hydrogen-bond acceptors (Lipinski definition) is 2. The average molecular weight is 403 g/mol. The zero-order chi connectivity index (χ0) is 21.3. The second kappa shape index (κ2) is 5.92. The highest BCUT2D eigenvalue weighted by molar-refractivity contribution is 6.00. The molecular formula is C27H17NO3. The fraction of sp³-hybridized carbons (Fsp3) is 0.0370. The van der Waals surface area contributed by atoms with Gasteiger partial charge >= 0.3 is 5.97 Å². The van der Waals surface area contributed by atoms with Crippen molar-refractivity contribution in [1.82, 2.24) is 0 Å². The zero-order valence-corrected chi connectivity index (χ0v) is 16.4. The first-order valence-electron chi connectivity index (χ1n) is 10.1. The van der Waals surface area contributed by atoms with Crippen LogP contribution in [-0.2, 0) is 5.41 Å². The van der Waals surface area contributed by atoms with Gasteiger partial charge < -0.3 is 10.8 Å². The summed E-state index contributed by atoms with van der Waals surface area (Å²) >= 11 is 0. The molecule has 148 valence electrons. The molecule has 0 radical (unpaired) electrons. The predicted octanol–water partition coefficient (Wildman–Crippen LogP) is 4.83. The van der Waals surface area contributed by atoms with Crippen LogP contribution in [0, 0.1) is 0 Å². The van der Waals surface area contributed by atoms with Crippen LogP contribution in [0.2, 0.25) is 0 Å². The number of fused-ring (bicyclic) bond motifs is 10. The Kier molecular flexibility index (Phi) is 3.37. The second-order valence-electron chi connectivity index (χ2n) is 8.03. The molecule has 4 heteroatoms. The van der Waals surface area contributed by atoms with Crippen molar-refractivity contribution in [2.45, 2.75) is 5.41 Å². The summed E-state index contributed by atoms with van der Waals surface area (Å²) in [5, 5.41) is 9.71. The standard InChI is InChI=1S/C27H17NO3/c28-25(29)15-9-11-19-17-5-1-3-7-21(17)27(23(19)13-15)22-8-4-2-6-18(22)20-12-10-16(26(30)31)14-24(20)27/h1-14H,(H2,28,29)(H,30,31). The number of carboxylic acids is 1. The van der Waals surface area contributed by atoms with Crippen molar-refractivity contribution in [3.8, 4) is 22.3 Å². The van der Waals surface area contributed by atoms with Crippen molar-refractivity contribution in [3.63, 3.8) is 0 Å². The number of benzene rings is 4. The van der Waals surface area contributed by atoms with Gasteiger partial charge in [-0.2, -0.15) is 0 Å². The molecule has 4 aromatic carbocycles. The van der Waals surface area contributed by atoms with Gasteiger partial charge in [0.05, 0.1) is 11.0 Å². The van der Waals surface area contributed by atoms with Gasteiger partial charge in [-0.25, -0.2) is 4.79 Å². The molecule has 0 heterocycles. The van der Waals surface area contributed by atoms with E-state index in [9.17, 15) is 14.7 Å². The third kappa shape index (κ3) is 2.09. The summed E-state index contributed by atoms with van der Waals surface area (Å²) in [6, 6.07) is 27.2. The van der Waals surface area contributed by atoms with E-state index < -0.39 is 17.3 Å². The lowest BCUT2D eigenvalue weighted by molar-refractivity contribution is 0.0696. The van der Waals surface area contributed by atoms with Crippen LogP contribution in [0.1, 0.15) is 43.0 Å². The number of amides is 1. The van der Waals surface area contributed by atoms with Crippen molar-refractivity contribution >= 4 is 11.9 Å². The van der Waals surface area contributed by atoms with E-state index in [1.807, 2.05) is 42.5 Å². The molecule has 0 saturated heterocycles. The molecule has 3 N–H and O–H groups in total. The van der Waals surface area contributed by atoms with Crippen LogP contribution < -0.4 is 5.73 Å². The third-order valence-electron chi connectivity index (χ3n) is 6.62. The summed E-state index contributed by atoms with van der Waals surface area (Å²) in [5.41, 5.74) is 13.8. The molecular weight excluding hydrogens is 386 g/mol. The summed E-state index contributed by atoms with van der Waals surface area (Å²) in [4.78, 5) is 23.9. The van der Waals surface area contributed by atoms with E-state index in [1.54, 1.807) is 18.2 Å². The Hall–Kier alpha value is -4.18. The Bertz CT molecular complexity index is 1340. The maximum atomic E-state index is 12.1. The minimum Gasteiger partial charge on any atom is -0.478 e. The van der Waals surface area contributed by atoms with Gasteiger partial charge in [-0.3, -0.25) is 4.79 Å². The number of carbonyl (C=O) groups excluding carboxylic acids is 1. The van der Waals surface area contributed by atoms with E-state index in [-0.39, 0.29) is 5.56 Å². The van der Waals surface area contributed by atoms with Gasteiger partial charge in [0.25, 0.3) is 0 Å². The molecule has 0 aromatic heterocycles. The number of primary amides is 1. The monoisotopic (exact) mass is 403 g/mol. The van der Waals surface area contributed by atoms with Crippen molar-refractivity contribution in [1.29, 1.82) is 0 Å². The first-order chi connectivity index (χ1) is 15.0. The molecule has 2 aliphatic rings. The summed E-state index contributed by atoms with van der Waals surface area (Å²) in [5.74, 6) is -1.45. The molecule has 2 aliphatic carbocycles. The Morgan fingerprint density at radius 1 is 0.613 bits per heavy atom. The smallest absolute Gasteiger partial charge is 0.335 e. The maximum Gasteiger partial charge on any atom is 0.335 e. The molecule has 1 atom stereocenters. The Balaban J connectivity index is 1.83. The van der Waals surface area contributed by atoms with Crippen LogP contribution >= 0.6 is 0 Å². The summed E-state index contributed by atoms with van der Waals surface area (Å²) < 4.78 is 0. The lowest BCUT2D eigenvalue weighted by Crippen LogP contribution is -2.26. The number of nitrogens with two attached hydrogens (primary N) is 1. The molecule has 0 bridgehead atoms. The lowest BCUT2D eigenvalue weighted by atomic mass is 9.70. The largest absolute Gasteiger partial charge is 0.478 e. The topological polar surface area (TPSA) is 80.4 Å². The number of hydrogen-bond donors (Lipinski definition) is 2. The van der Waals surface area contributed by atoms with Crippen molar-refractivity contribution in [2.75, 3.05) is 0 Å². The molecule has 4 aromatic rings. The first-order valence-corrected chi connectivity index (χ1v) is 10.1. The first kappa shape index (κ1) is 17.7. The van der Waals surface area contributed by atoms with Gasteiger partial charge in [-0.15, -0.1) is 0 Å². The van der Waals surface area contributed by atoms with E-state index >= 15 is 0 Å². The normalized spacial score (nSPS) is 17.0. The number of rotatable bonds is 2. The summed E-state index contributed by atoms with van der Waals surface area (Å²) in [7, 11) is 0. The molecule has 0 saturated carbocycles. The van der Waals surface area contributed by atoms with E-state index in [0.717, 1.165) is 44.5 Å². The second-order valence-corrected chi connectivity index (χ2v) is 8.03.